The molecule has 2 aromatic carbocycles. The molecule has 28 heavy (non-hydrogen) atoms. The Kier molecular flexibility index (Phi) is 5.62. The quantitative estimate of drug-likeness (QED) is 0.430. The van der Waals surface area contributed by atoms with Crippen molar-refractivity contribution in [3.05, 3.63) is 65.5 Å². The van der Waals surface area contributed by atoms with Crippen molar-refractivity contribution in [2.24, 2.45) is 0 Å². The lowest BCUT2D eigenvalue weighted by atomic mass is 10.1. The Bertz CT molecular complexity index is 955. The molecule has 1 aliphatic rings. The molecule has 0 bridgehead atoms. The maximum Gasteiger partial charge on any atom is 0.277 e. The summed E-state index contributed by atoms with van der Waals surface area (Å²) in [6.45, 7) is 2.43. The molecule has 2 heterocycles. The highest BCUT2D eigenvalue weighted by Gasteiger charge is 2.27. The largest absolute Gasteiger partial charge is 0.485 e. The van der Waals surface area contributed by atoms with E-state index in [1.165, 1.54) is 17.3 Å². The van der Waals surface area contributed by atoms with Crippen molar-refractivity contribution in [2.75, 3.05) is 12.4 Å². The molecular weight excluding hydrogens is 376 g/mol. The predicted molar refractivity (Wildman–Crippen MR) is 105 cm³/mol. The molecule has 0 radical (unpaired) electrons. The van der Waals surface area contributed by atoms with Gasteiger partial charge in [-0.2, -0.15) is 0 Å². The zero-order chi connectivity index (χ0) is 19.3. The van der Waals surface area contributed by atoms with Crippen LogP contribution in [0.15, 0.2) is 58.2 Å². The van der Waals surface area contributed by atoms with Gasteiger partial charge >= 0.3 is 0 Å². The number of hydrogen-bond donors (Lipinski definition) is 0. The molecule has 4 rings (SSSR count). The first-order chi connectivity index (χ1) is 13.7. The summed E-state index contributed by atoms with van der Waals surface area (Å²) in [4.78, 5) is 12.4. The van der Waals surface area contributed by atoms with Crippen LogP contribution in [0.2, 0.25) is 0 Å². The van der Waals surface area contributed by atoms with Crippen LogP contribution in [0.5, 0.6) is 11.5 Å². The molecule has 144 valence electrons. The number of ketones is 1. The molecule has 0 spiro atoms. The van der Waals surface area contributed by atoms with Crippen LogP contribution in [-0.4, -0.2) is 28.3 Å². The first-order valence-electron chi connectivity index (χ1n) is 9.19. The fraction of sp³-hybridized carbons (Fsp3) is 0.286. The highest BCUT2D eigenvalue weighted by Crippen LogP contribution is 2.35. The van der Waals surface area contributed by atoms with E-state index in [1.807, 2.05) is 48.5 Å². The molecule has 0 fully saturated rings. The molecule has 1 atom stereocenters. The maximum atomic E-state index is 12.4. The number of carbonyl (C=O) groups is 1. The first kappa shape index (κ1) is 18.6. The number of benzene rings is 2. The summed E-state index contributed by atoms with van der Waals surface area (Å²) in [7, 11) is 0. The summed E-state index contributed by atoms with van der Waals surface area (Å²) in [6.07, 6.45) is 1.65. The van der Waals surface area contributed by atoms with Crippen molar-refractivity contribution in [2.45, 2.75) is 31.1 Å². The van der Waals surface area contributed by atoms with Crippen LogP contribution in [-0.2, 0) is 6.42 Å². The molecule has 0 aliphatic carbocycles. The Labute approximate surface area is 167 Å². The van der Waals surface area contributed by atoms with Gasteiger partial charge in [0.05, 0.1) is 5.75 Å². The second-order valence-corrected chi connectivity index (χ2v) is 7.36. The Morgan fingerprint density at radius 3 is 2.68 bits per heavy atom. The van der Waals surface area contributed by atoms with Gasteiger partial charge in [0.1, 0.15) is 6.61 Å². The highest BCUT2D eigenvalue weighted by molar-refractivity contribution is 7.99. The summed E-state index contributed by atoms with van der Waals surface area (Å²) in [5.74, 6) is 1.95. The van der Waals surface area contributed by atoms with E-state index in [1.54, 1.807) is 0 Å². The third kappa shape index (κ3) is 4.20. The summed E-state index contributed by atoms with van der Waals surface area (Å²) < 4.78 is 17.2. The maximum absolute atomic E-state index is 12.4. The van der Waals surface area contributed by atoms with Crippen LogP contribution in [0, 0.1) is 0 Å². The van der Waals surface area contributed by atoms with E-state index in [9.17, 15) is 4.79 Å². The topological polar surface area (TPSA) is 74.5 Å². The third-order valence-corrected chi connectivity index (χ3v) is 5.17. The smallest absolute Gasteiger partial charge is 0.277 e. The normalized spacial score (nSPS) is 15.4. The zero-order valence-corrected chi connectivity index (χ0v) is 16.3. The second-order valence-electron chi connectivity index (χ2n) is 6.43. The Morgan fingerprint density at radius 1 is 1.11 bits per heavy atom. The fourth-order valence-corrected chi connectivity index (χ4v) is 3.57. The monoisotopic (exact) mass is 396 g/mol. The summed E-state index contributed by atoms with van der Waals surface area (Å²) in [5.41, 5.74) is 1.93. The molecule has 0 amide bonds. The first-order valence-corrected chi connectivity index (χ1v) is 10.2. The second kappa shape index (κ2) is 8.48. The van der Waals surface area contributed by atoms with Gasteiger partial charge in [0.15, 0.2) is 17.3 Å². The number of carbonyl (C=O) groups excluding carboxylic acids is 1. The van der Waals surface area contributed by atoms with Crippen molar-refractivity contribution in [3.8, 4) is 11.5 Å². The molecule has 0 saturated carbocycles. The van der Waals surface area contributed by atoms with Crippen molar-refractivity contribution < 1.29 is 18.7 Å². The number of Topliss-reactive ketones (excluding diaryl/α,β-unsaturated/α-hetero) is 1. The lowest BCUT2D eigenvalue weighted by Gasteiger charge is -2.23. The minimum atomic E-state index is -0.460. The molecule has 3 aromatic rings. The van der Waals surface area contributed by atoms with Crippen molar-refractivity contribution in [1.29, 1.82) is 0 Å². The summed E-state index contributed by atoms with van der Waals surface area (Å²) in [6, 6.07) is 15.2. The van der Waals surface area contributed by atoms with Gasteiger partial charge in [-0.25, -0.2) is 0 Å². The Balaban J connectivity index is 1.34. The molecule has 0 N–H and O–H groups in total. The third-order valence-electron chi connectivity index (χ3n) is 4.35. The van der Waals surface area contributed by atoms with Gasteiger partial charge in [0.2, 0.25) is 6.10 Å². The lowest BCUT2D eigenvalue weighted by molar-refractivity contribution is 0.0686. The van der Waals surface area contributed by atoms with E-state index in [0.717, 1.165) is 12.8 Å². The minimum Gasteiger partial charge on any atom is -0.485 e. The molecule has 7 heteroatoms. The average molecular weight is 396 g/mol. The lowest BCUT2D eigenvalue weighted by Crippen LogP contribution is -2.21. The Hall–Kier alpha value is -2.80. The van der Waals surface area contributed by atoms with Gasteiger partial charge < -0.3 is 13.9 Å². The number of aryl methyl sites for hydroxylation is 1. The number of thioether (sulfide) groups is 1. The van der Waals surface area contributed by atoms with Crippen molar-refractivity contribution in [1.82, 2.24) is 10.2 Å². The van der Waals surface area contributed by atoms with E-state index >= 15 is 0 Å². The van der Waals surface area contributed by atoms with Crippen LogP contribution < -0.4 is 9.47 Å². The molecule has 6 nitrogen and oxygen atoms in total. The number of aromatic nitrogens is 2. The average Bonchev–Trinajstić information content (AvgIpc) is 3.21. The van der Waals surface area contributed by atoms with Crippen molar-refractivity contribution in [3.63, 3.8) is 0 Å². The SMILES string of the molecule is CCCc1ccc(C(=O)CSc2nnc(C3COc4ccccc4O3)o2)cc1. The van der Waals surface area contributed by atoms with Gasteiger partial charge in [-0.15, -0.1) is 10.2 Å². The molecule has 0 saturated heterocycles. The van der Waals surface area contributed by atoms with E-state index in [0.29, 0.717) is 34.8 Å². The van der Waals surface area contributed by atoms with E-state index in [4.69, 9.17) is 13.9 Å². The molecule has 1 unspecified atom stereocenters. The van der Waals surface area contributed by atoms with Gasteiger partial charge in [-0.3, -0.25) is 4.79 Å². The van der Waals surface area contributed by atoms with Crippen LogP contribution in [0.3, 0.4) is 0 Å². The number of para-hydroxylation sites is 2. The number of fused-ring (bicyclic) bond motifs is 1. The minimum absolute atomic E-state index is 0.0268. The summed E-state index contributed by atoms with van der Waals surface area (Å²) >= 11 is 1.22. The van der Waals surface area contributed by atoms with Crippen LogP contribution in [0.25, 0.3) is 0 Å². The number of hydrogen-bond acceptors (Lipinski definition) is 7. The number of rotatable bonds is 7. The van der Waals surface area contributed by atoms with E-state index < -0.39 is 6.10 Å². The highest BCUT2D eigenvalue weighted by atomic mass is 32.2. The van der Waals surface area contributed by atoms with Gasteiger partial charge in [0.25, 0.3) is 11.1 Å². The molecular formula is C21H20N2O4S. The van der Waals surface area contributed by atoms with E-state index in [2.05, 4.69) is 17.1 Å². The van der Waals surface area contributed by atoms with Crippen LogP contribution in [0.4, 0.5) is 0 Å². The molecule has 1 aliphatic heterocycles. The predicted octanol–water partition coefficient (Wildman–Crippen LogP) is 4.51. The fourth-order valence-electron chi connectivity index (χ4n) is 2.91. The standard InChI is InChI=1S/C21H20N2O4S/c1-2-5-14-8-10-15(11-9-14)16(24)13-28-21-23-22-20(27-21)19-12-25-17-6-3-4-7-18(17)26-19/h3-4,6-11,19H,2,5,12-13H2,1H3. The number of ether oxygens (including phenoxy) is 2. The van der Waals surface area contributed by atoms with Gasteiger partial charge in [-0.05, 0) is 24.1 Å². The van der Waals surface area contributed by atoms with Gasteiger partial charge in [-0.1, -0.05) is 61.5 Å². The van der Waals surface area contributed by atoms with Crippen molar-refractivity contribution >= 4 is 17.5 Å². The van der Waals surface area contributed by atoms with Crippen LogP contribution in [0.1, 0.15) is 41.3 Å². The Morgan fingerprint density at radius 2 is 1.89 bits per heavy atom. The van der Waals surface area contributed by atoms with E-state index in [-0.39, 0.29) is 11.5 Å². The summed E-state index contributed by atoms with van der Waals surface area (Å²) in [5, 5.41) is 8.39. The number of nitrogens with zero attached hydrogens (tertiary/aromatic N) is 2. The molecule has 1 aromatic heterocycles. The van der Waals surface area contributed by atoms with Crippen LogP contribution >= 0.6 is 11.8 Å². The van der Waals surface area contributed by atoms with Gasteiger partial charge in [0, 0.05) is 5.56 Å². The zero-order valence-electron chi connectivity index (χ0n) is 15.5.